The molecule has 0 saturated carbocycles. The number of ether oxygens (including phenoxy) is 1. The molecule has 4 rings (SSSR count). The van der Waals surface area contributed by atoms with Gasteiger partial charge in [0.1, 0.15) is 5.82 Å². The van der Waals surface area contributed by atoms with E-state index in [0.717, 1.165) is 57.7 Å². The van der Waals surface area contributed by atoms with Gasteiger partial charge >= 0.3 is 0 Å². The van der Waals surface area contributed by atoms with Crippen LogP contribution in [0.1, 0.15) is 44.1 Å². The molecule has 4 heterocycles. The molecule has 1 spiro atoms. The van der Waals surface area contributed by atoms with Crippen LogP contribution in [0.3, 0.4) is 0 Å². The van der Waals surface area contributed by atoms with Crippen LogP contribution in [-0.2, 0) is 11.3 Å². The average molecular weight is 499 g/mol. The molecular weight excluding hydrogens is 465 g/mol. The van der Waals surface area contributed by atoms with Crippen molar-refractivity contribution in [3.63, 3.8) is 0 Å². The van der Waals surface area contributed by atoms with Gasteiger partial charge in [0.15, 0.2) is 5.96 Å². The van der Waals surface area contributed by atoms with E-state index >= 15 is 0 Å². The average Bonchev–Trinajstić information content (AvgIpc) is 3.24. The van der Waals surface area contributed by atoms with Gasteiger partial charge in [-0.15, -0.1) is 24.0 Å². The van der Waals surface area contributed by atoms with E-state index in [0.29, 0.717) is 5.41 Å². The standard InChI is InChI=1S/C21H33N5O.HI/c1-22-20(26-12-7-21(16-26)8-13-27-17-21)24-15-18-6-9-23-19(14-18)25-10-4-2-3-5-11-25;/h6,9,14H,2-5,7-8,10-13,15-17H2,1H3,(H,22,24);1H. The maximum absolute atomic E-state index is 5.65. The van der Waals surface area contributed by atoms with E-state index in [9.17, 15) is 0 Å². The van der Waals surface area contributed by atoms with Crippen molar-refractivity contribution >= 4 is 35.8 Å². The molecule has 6 nitrogen and oxygen atoms in total. The third-order valence-corrected chi connectivity index (χ3v) is 6.33. The summed E-state index contributed by atoms with van der Waals surface area (Å²) in [4.78, 5) is 14.0. The topological polar surface area (TPSA) is 53.0 Å². The van der Waals surface area contributed by atoms with Crippen molar-refractivity contribution in [2.45, 2.75) is 45.1 Å². The number of nitrogens with one attached hydrogen (secondary N) is 1. The third kappa shape index (κ3) is 5.09. The molecule has 3 aliphatic rings. The summed E-state index contributed by atoms with van der Waals surface area (Å²) in [5.74, 6) is 2.13. The highest BCUT2D eigenvalue weighted by atomic mass is 127. The summed E-state index contributed by atoms with van der Waals surface area (Å²) in [5, 5.41) is 3.57. The Balaban J connectivity index is 0.00000225. The number of nitrogens with zero attached hydrogens (tertiary/aromatic N) is 4. The van der Waals surface area contributed by atoms with E-state index < -0.39 is 0 Å². The molecule has 1 aromatic heterocycles. The summed E-state index contributed by atoms with van der Waals surface area (Å²) in [5.41, 5.74) is 1.62. The summed E-state index contributed by atoms with van der Waals surface area (Å²) >= 11 is 0. The van der Waals surface area contributed by atoms with Gasteiger partial charge in [0, 0.05) is 58.0 Å². The van der Waals surface area contributed by atoms with Crippen molar-refractivity contribution < 1.29 is 4.74 Å². The van der Waals surface area contributed by atoms with Crippen molar-refractivity contribution in [2.75, 3.05) is 51.3 Å². The molecule has 156 valence electrons. The quantitative estimate of drug-likeness (QED) is 0.393. The first kappa shape index (κ1) is 21.6. The highest BCUT2D eigenvalue weighted by molar-refractivity contribution is 14.0. The zero-order valence-corrected chi connectivity index (χ0v) is 19.4. The van der Waals surface area contributed by atoms with Crippen molar-refractivity contribution in [2.24, 2.45) is 10.4 Å². The maximum Gasteiger partial charge on any atom is 0.193 e. The normalized spacial score (nSPS) is 25.7. The lowest BCUT2D eigenvalue weighted by molar-refractivity contribution is 0.156. The number of aliphatic imine (C=N–C) groups is 1. The van der Waals surface area contributed by atoms with E-state index in [4.69, 9.17) is 4.74 Å². The molecule has 3 fully saturated rings. The van der Waals surface area contributed by atoms with Gasteiger partial charge < -0.3 is 19.9 Å². The second kappa shape index (κ2) is 10.1. The summed E-state index contributed by atoms with van der Waals surface area (Å²) < 4.78 is 5.65. The maximum atomic E-state index is 5.65. The van der Waals surface area contributed by atoms with Gasteiger partial charge in [-0.3, -0.25) is 4.99 Å². The van der Waals surface area contributed by atoms with Crippen LogP contribution in [0.15, 0.2) is 23.3 Å². The molecule has 0 radical (unpaired) electrons. The number of rotatable bonds is 3. The van der Waals surface area contributed by atoms with Gasteiger partial charge in [0.2, 0.25) is 0 Å². The Kier molecular flexibility index (Phi) is 7.79. The Morgan fingerprint density at radius 2 is 2.04 bits per heavy atom. The molecule has 28 heavy (non-hydrogen) atoms. The fourth-order valence-electron chi connectivity index (χ4n) is 4.64. The number of pyridine rings is 1. The van der Waals surface area contributed by atoms with Crippen LogP contribution < -0.4 is 10.2 Å². The van der Waals surface area contributed by atoms with Gasteiger partial charge in [-0.1, -0.05) is 12.8 Å². The Labute approximate surface area is 186 Å². The zero-order chi connectivity index (χ0) is 18.5. The zero-order valence-electron chi connectivity index (χ0n) is 17.0. The summed E-state index contributed by atoms with van der Waals surface area (Å²) in [7, 11) is 1.88. The van der Waals surface area contributed by atoms with Crippen LogP contribution >= 0.6 is 24.0 Å². The fraction of sp³-hybridized carbons (Fsp3) is 0.714. The van der Waals surface area contributed by atoms with Crippen LogP contribution in [0, 0.1) is 5.41 Å². The molecule has 0 bridgehead atoms. The number of halogens is 1. The lowest BCUT2D eigenvalue weighted by atomic mass is 9.87. The molecule has 0 aliphatic carbocycles. The number of aromatic nitrogens is 1. The molecule has 1 unspecified atom stereocenters. The first-order valence-electron chi connectivity index (χ1n) is 10.5. The number of guanidine groups is 1. The Bertz CT molecular complexity index is 654. The number of likely N-dealkylation sites (tertiary alicyclic amines) is 1. The molecular formula is C21H34IN5O. The summed E-state index contributed by atoms with van der Waals surface area (Å²) in [6.07, 6.45) is 9.58. The fourth-order valence-corrected chi connectivity index (χ4v) is 4.64. The largest absolute Gasteiger partial charge is 0.381 e. The first-order valence-corrected chi connectivity index (χ1v) is 10.5. The number of anilines is 1. The van der Waals surface area contributed by atoms with Gasteiger partial charge in [-0.2, -0.15) is 0 Å². The lowest BCUT2D eigenvalue weighted by Gasteiger charge is -2.25. The molecule has 0 amide bonds. The van der Waals surface area contributed by atoms with E-state index in [1.54, 1.807) is 0 Å². The van der Waals surface area contributed by atoms with Crippen molar-refractivity contribution in [1.82, 2.24) is 15.2 Å². The minimum atomic E-state index is 0. The molecule has 0 aromatic carbocycles. The summed E-state index contributed by atoms with van der Waals surface area (Å²) in [6.45, 7) is 6.99. The first-order chi connectivity index (χ1) is 13.3. The van der Waals surface area contributed by atoms with Crippen LogP contribution in [-0.4, -0.2) is 62.3 Å². The van der Waals surface area contributed by atoms with E-state index in [-0.39, 0.29) is 24.0 Å². The van der Waals surface area contributed by atoms with E-state index in [1.165, 1.54) is 44.1 Å². The molecule has 3 aliphatic heterocycles. The minimum absolute atomic E-state index is 0. The Morgan fingerprint density at radius 3 is 2.75 bits per heavy atom. The van der Waals surface area contributed by atoms with Crippen molar-refractivity contribution in [1.29, 1.82) is 0 Å². The van der Waals surface area contributed by atoms with Gasteiger partial charge in [-0.05, 0) is 43.4 Å². The van der Waals surface area contributed by atoms with Crippen LogP contribution in [0.25, 0.3) is 0 Å². The molecule has 1 atom stereocenters. The highest BCUT2D eigenvalue weighted by Gasteiger charge is 2.42. The Hall–Kier alpha value is -1.09. The second-order valence-corrected chi connectivity index (χ2v) is 8.30. The number of hydrogen-bond acceptors (Lipinski definition) is 4. The third-order valence-electron chi connectivity index (χ3n) is 6.33. The predicted molar refractivity (Wildman–Crippen MR) is 125 cm³/mol. The van der Waals surface area contributed by atoms with Crippen LogP contribution in [0.2, 0.25) is 0 Å². The van der Waals surface area contributed by atoms with Crippen LogP contribution in [0.5, 0.6) is 0 Å². The molecule has 1 aromatic rings. The molecule has 7 heteroatoms. The van der Waals surface area contributed by atoms with Crippen LogP contribution in [0.4, 0.5) is 5.82 Å². The molecule has 1 N–H and O–H groups in total. The van der Waals surface area contributed by atoms with E-state index in [1.807, 2.05) is 13.2 Å². The van der Waals surface area contributed by atoms with Crippen molar-refractivity contribution in [3.8, 4) is 0 Å². The van der Waals surface area contributed by atoms with E-state index in [2.05, 4.69) is 37.2 Å². The monoisotopic (exact) mass is 499 g/mol. The minimum Gasteiger partial charge on any atom is -0.381 e. The van der Waals surface area contributed by atoms with Gasteiger partial charge in [-0.25, -0.2) is 4.98 Å². The van der Waals surface area contributed by atoms with Crippen molar-refractivity contribution in [3.05, 3.63) is 23.9 Å². The SMILES string of the molecule is CN=C(NCc1ccnc(N2CCCCCC2)c1)N1CCC2(CCOC2)C1.I. The van der Waals surface area contributed by atoms with Gasteiger partial charge in [0.05, 0.1) is 6.61 Å². The predicted octanol–water partition coefficient (Wildman–Crippen LogP) is 3.27. The smallest absolute Gasteiger partial charge is 0.193 e. The highest BCUT2D eigenvalue weighted by Crippen LogP contribution is 2.38. The van der Waals surface area contributed by atoms with Gasteiger partial charge in [0.25, 0.3) is 0 Å². The molecule has 3 saturated heterocycles. The second-order valence-electron chi connectivity index (χ2n) is 8.30. The summed E-state index contributed by atoms with van der Waals surface area (Å²) in [6, 6.07) is 4.35. The number of hydrogen-bond donors (Lipinski definition) is 1. The Morgan fingerprint density at radius 1 is 1.21 bits per heavy atom. The lowest BCUT2D eigenvalue weighted by Crippen LogP contribution is -2.41.